The molecular formula is C21H22FN3OS2. The molecule has 1 fully saturated rings. The van der Waals surface area contributed by atoms with E-state index in [1.165, 1.54) is 22.7 Å². The number of hydrogen-bond donors (Lipinski definition) is 1. The first-order valence-corrected chi connectivity index (χ1v) is 11.4. The van der Waals surface area contributed by atoms with E-state index in [1.54, 1.807) is 28.5 Å². The smallest absolute Gasteiger partial charge is 0.261 e. The van der Waals surface area contributed by atoms with Gasteiger partial charge in [0, 0.05) is 16.0 Å². The number of fused-ring (bicyclic) bond motifs is 2. The Balaban J connectivity index is 1.62. The van der Waals surface area contributed by atoms with Crippen molar-refractivity contribution in [3.05, 3.63) is 57.0 Å². The van der Waals surface area contributed by atoms with E-state index in [0.717, 1.165) is 43.2 Å². The summed E-state index contributed by atoms with van der Waals surface area (Å²) in [7, 11) is 0. The number of carbonyl (C=O) groups excluding carboxylic acids is 1. The van der Waals surface area contributed by atoms with Gasteiger partial charge in [-0.05, 0) is 68.5 Å². The Morgan fingerprint density at radius 2 is 2.21 bits per heavy atom. The third kappa shape index (κ3) is 2.83. The maximum absolute atomic E-state index is 14.6. The van der Waals surface area contributed by atoms with Crippen LogP contribution in [0.25, 0.3) is 0 Å². The van der Waals surface area contributed by atoms with Gasteiger partial charge in [-0.1, -0.05) is 23.4 Å². The molecule has 3 aliphatic rings. The number of amides is 1. The quantitative estimate of drug-likeness (QED) is 0.810. The van der Waals surface area contributed by atoms with Crippen molar-refractivity contribution in [2.24, 2.45) is 16.8 Å². The molecule has 1 aliphatic heterocycles. The van der Waals surface area contributed by atoms with Crippen molar-refractivity contribution in [3.8, 4) is 0 Å². The summed E-state index contributed by atoms with van der Waals surface area (Å²) >= 11 is 3.23. The molecule has 1 spiro atoms. The summed E-state index contributed by atoms with van der Waals surface area (Å²) < 4.78 is 14.6. The lowest BCUT2D eigenvalue weighted by molar-refractivity contribution is -0.137. The predicted octanol–water partition coefficient (Wildman–Crippen LogP) is 4.36. The van der Waals surface area contributed by atoms with Crippen LogP contribution in [0.4, 0.5) is 4.39 Å². The summed E-state index contributed by atoms with van der Waals surface area (Å²) in [6.45, 7) is 1.93. The molecule has 1 unspecified atom stereocenters. The van der Waals surface area contributed by atoms with Gasteiger partial charge in [-0.3, -0.25) is 4.79 Å². The number of nitrogens with two attached hydrogens (primary N) is 1. The molecule has 0 bridgehead atoms. The van der Waals surface area contributed by atoms with Gasteiger partial charge in [0.25, 0.3) is 5.91 Å². The number of carbonyl (C=O) groups is 1. The van der Waals surface area contributed by atoms with E-state index in [9.17, 15) is 9.18 Å². The minimum absolute atomic E-state index is 0.142. The first kappa shape index (κ1) is 18.3. The molecule has 2 aliphatic carbocycles. The van der Waals surface area contributed by atoms with Crippen LogP contribution in [-0.2, 0) is 16.1 Å². The van der Waals surface area contributed by atoms with Gasteiger partial charge in [0.2, 0.25) is 0 Å². The number of nitrogens with zero attached hydrogens (tertiary/aromatic N) is 2. The molecule has 4 nitrogen and oxygen atoms in total. The van der Waals surface area contributed by atoms with Crippen molar-refractivity contribution >= 4 is 34.0 Å². The van der Waals surface area contributed by atoms with Crippen molar-refractivity contribution in [2.45, 2.75) is 49.9 Å². The molecule has 5 rings (SSSR count). The van der Waals surface area contributed by atoms with Crippen LogP contribution in [0, 0.1) is 18.7 Å². The number of rotatable bonds is 3. The van der Waals surface area contributed by atoms with Gasteiger partial charge < -0.3 is 5.73 Å². The maximum Gasteiger partial charge on any atom is 0.261 e. The zero-order valence-corrected chi connectivity index (χ0v) is 17.3. The largest absolute Gasteiger partial charge is 0.320 e. The van der Waals surface area contributed by atoms with Crippen LogP contribution in [0.3, 0.4) is 0 Å². The highest BCUT2D eigenvalue weighted by Gasteiger charge is 2.53. The first-order chi connectivity index (χ1) is 13.5. The Morgan fingerprint density at radius 3 is 3.00 bits per heavy atom. The van der Waals surface area contributed by atoms with Crippen LogP contribution in [0.2, 0.25) is 0 Å². The Kier molecular flexibility index (Phi) is 4.37. The number of thiophene rings is 1. The number of thioether (sulfide) groups is 1. The van der Waals surface area contributed by atoms with Crippen LogP contribution in [0.5, 0.6) is 0 Å². The number of benzene rings is 1. The fraction of sp³-hybridized carbons (Fsp3) is 0.429. The Morgan fingerprint density at radius 1 is 1.39 bits per heavy atom. The van der Waals surface area contributed by atoms with Crippen molar-refractivity contribution in [3.63, 3.8) is 0 Å². The standard InChI is InChI=1S/C21H22FN3OS2/c1-12-4-7-16(22)14(11-12)19-24-25(20(26)18(23)13-5-6-13)21(28-19)9-2-3-17-15(21)8-10-27-17/h4,7-8,10-11,13,18H,2-3,5-6,9,23H2,1H3/t18-,21?/m0/s1. The minimum Gasteiger partial charge on any atom is -0.320 e. The van der Waals surface area contributed by atoms with E-state index in [1.807, 2.05) is 6.92 Å². The molecule has 2 heterocycles. The molecule has 0 radical (unpaired) electrons. The van der Waals surface area contributed by atoms with E-state index >= 15 is 0 Å². The highest BCUT2D eigenvalue weighted by Crippen LogP contribution is 2.55. The van der Waals surface area contributed by atoms with Crippen LogP contribution in [-0.4, -0.2) is 22.0 Å². The summed E-state index contributed by atoms with van der Waals surface area (Å²) in [5.74, 6) is -0.207. The maximum atomic E-state index is 14.6. The van der Waals surface area contributed by atoms with Crippen LogP contribution < -0.4 is 5.73 Å². The van der Waals surface area contributed by atoms with Gasteiger partial charge in [-0.25, -0.2) is 9.40 Å². The first-order valence-electron chi connectivity index (χ1n) is 9.70. The normalized spacial score (nSPS) is 25.0. The lowest BCUT2D eigenvalue weighted by Gasteiger charge is -2.39. The summed E-state index contributed by atoms with van der Waals surface area (Å²) in [4.78, 5) is 14.0. The van der Waals surface area contributed by atoms with Crippen LogP contribution in [0.1, 0.15) is 47.3 Å². The molecular weight excluding hydrogens is 393 g/mol. The van der Waals surface area contributed by atoms with Gasteiger partial charge in [0.15, 0.2) is 0 Å². The summed E-state index contributed by atoms with van der Waals surface area (Å²) in [6, 6.07) is 6.59. The Hall–Kier alpha value is -1.70. The van der Waals surface area contributed by atoms with E-state index < -0.39 is 10.9 Å². The molecule has 1 saturated carbocycles. The Bertz CT molecular complexity index is 984. The number of hydrazone groups is 1. The molecule has 28 heavy (non-hydrogen) atoms. The molecule has 7 heteroatoms. The summed E-state index contributed by atoms with van der Waals surface area (Å²) in [6.07, 6.45) is 4.77. The van der Waals surface area contributed by atoms with Crippen molar-refractivity contribution < 1.29 is 9.18 Å². The molecule has 0 saturated heterocycles. The fourth-order valence-electron chi connectivity index (χ4n) is 4.16. The van der Waals surface area contributed by atoms with E-state index in [-0.39, 0.29) is 17.6 Å². The van der Waals surface area contributed by atoms with Gasteiger partial charge in [0.1, 0.15) is 15.7 Å². The highest BCUT2D eigenvalue weighted by atomic mass is 32.2. The van der Waals surface area contributed by atoms with Gasteiger partial charge >= 0.3 is 0 Å². The van der Waals surface area contributed by atoms with Crippen LogP contribution in [0.15, 0.2) is 34.7 Å². The van der Waals surface area contributed by atoms with E-state index in [0.29, 0.717) is 10.6 Å². The van der Waals surface area contributed by atoms with Crippen molar-refractivity contribution in [1.82, 2.24) is 5.01 Å². The monoisotopic (exact) mass is 415 g/mol. The van der Waals surface area contributed by atoms with Crippen LogP contribution >= 0.6 is 23.1 Å². The third-order valence-corrected chi connectivity index (χ3v) is 8.27. The molecule has 2 atom stereocenters. The van der Waals surface area contributed by atoms with Gasteiger partial charge in [-0.2, -0.15) is 5.10 Å². The predicted molar refractivity (Wildman–Crippen MR) is 112 cm³/mol. The molecule has 1 aromatic heterocycles. The second kappa shape index (κ2) is 6.68. The number of aryl methyl sites for hydroxylation is 2. The zero-order chi connectivity index (χ0) is 19.5. The fourth-order valence-corrected chi connectivity index (χ4v) is 6.70. The SMILES string of the molecule is Cc1ccc(F)c(C2=NN(C(=O)[C@@H](N)C3CC3)C3(CCCc4sccc43)S2)c1. The molecule has 2 N–H and O–H groups in total. The van der Waals surface area contributed by atoms with E-state index in [2.05, 4.69) is 11.4 Å². The average molecular weight is 416 g/mol. The number of hydrogen-bond acceptors (Lipinski definition) is 5. The lowest BCUT2D eigenvalue weighted by atomic mass is 9.92. The number of halogens is 1. The molecule has 2 aromatic rings. The van der Waals surface area contributed by atoms with Gasteiger partial charge in [-0.15, -0.1) is 11.3 Å². The zero-order valence-electron chi connectivity index (χ0n) is 15.7. The van der Waals surface area contributed by atoms with E-state index in [4.69, 9.17) is 10.8 Å². The Labute approximate surface area is 172 Å². The molecule has 146 valence electrons. The summed E-state index contributed by atoms with van der Waals surface area (Å²) in [5, 5.41) is 8.94. The average Bonchev–Trinajstić information content (AvgIpc) is 3.30. The lowest BCUT2D eigenvalue weighted by Crippen LogP contribution is -2.50. The summed E-state index contributed by atoms with van der Waals surface area (Å²) in [5.41, 5.74) is 8.85. The molecule has 1 amide bonds. The minimum atomic E-state index is -0.608. The molecule has 1 aromatic carbocycles. The second-order valence-corrected chi connectivity index (χ2v) is 10.2. The van der Waals surface area contributed by atoms with Gasteiger partial charge in [0.05, 0.1) is 6.04 Å². The third-order valence-electron chi connectivity index (χ3n) is 5.86. The highest BCUT2D eigenvalue weighted by molar-refractivity contribution is 8.15. The van der Waals surface area contributed by atoms with Crippen molar-refractivity contribution in [2.75, 3.05) is 0 Å². The van der Waals surface area contributed by atoms with Crippen molar-refractivity contribution in [1.29, 1.82) is 0 Å². The topological polar surface area (TPSA) is 58.7 Å². The second-order valence-electron chi connectivity index (χ2n) is 7.90.